The van der Waals surface area contributed by atoms with Crippen LogP contribution in [0, 0.1) is 5.92 Å². The highest BCUT2D eigenvalue weighted by Gasteiger charge is 2.18. The second kappa shape index (κ2) is 9.07. The summed E-state index contributed by atoms with van der Waals surface area (Å²) in [6, 6.07) is 11.0. The molecule has 1 aromatic carbocycles. The average molecular weight is 284 g/mol. The fourth-order valence-electron chi connectivity index (χ4n) is 3.56. The van der Waals surface area contributed by atoms with Crippen molar-refractivity contribution < 1.29 is 0 Å². The van der Waals surface area contributed by atoms with Crippen molar-refractivity contribution in [2.45, 2.75) is 77.6 Å². The number of rotatable bonds is 8. The van der Waals surface area contributed by atoms with Crippen LogP contribution in [0.2, 0.25) is 0 Å². The van der Waals surface area contributed by atoms with Crippen LogP contribution >= 0.6 is 0 Å². The van der Waals surface area contributed by atoms with E-state index < -0.39 is 0 Å². The van der Waals surface area contributed by atoms with E-state index in [0.29, 0.717) is 5.92 Å². The van der Waals surface area contributed by atoms with Crippen LogP contribution in [-0.4, -0.2) is 0 Å². The Bertz CT molecular complexity index is 415. The third-order valence-corrected chi connectivity index (χ3v) is 5.13. The molecule has 2 unspecified atom stereocenters. The zero-order valence-electron chi connectivity index (χ0n) is 14.0. The molecule has 0 spiro atoms. The molecule has 116 valence electrons. The molecular weight excluding hydrogens is 252 g/mol. The molecule has 0 heterocycles. The van der Waals surface area contributed by atoms with Crippen LogP contribution in [0.4, 0.5) is 0 Å². The van der Waals surface area contributed by atoms with Gasteiger partial charge < -0.3 is 0 Å². The molecule has 0 aliphatic heterocycles. The maximum atomic E-state index is 2.55. The zero-order chi connectivity index (χ0) is 14.9. The predicted molar refractivity (Wildman–Crippen MR) is 93.7 cm³/mol. The van der Waals surface area contributed by atoms with E-state index in [1.807, 2.05) is 0 Å². The number of allylic oxidation sites excluding steroid dienone is 2. The van der Waals surface area contributed by atoms with E-state index in [1.165, 1.54) is 63.4 Å². The Morgan fingerprint density at radius 1 is 1.05 bits per heavy atom. The van der Waals surface area contributed by atoms with E-state index in [1.54, 1.807) is 5.57 Å². The maximum Gasteiger partial charge on any atom is 0.00198 e. The number of hydrogen-bond donors (Lipinski definition) is 0. The quantitative estimate of drug-likeness (QED) is 0.360. The average Bonchev–Trinajstić information content (AvgIpc) is 2.55. The number of hydrogen-bond acceptors (Lipinski definition) is 0. The highest BCUT2D eigenvalue weighted by molar-refractivity contribution is 5.28. The Morgan fingerprint density at radius 2 is 1.81 bits per heavy atom. The van der Waals surface area contributed by atoms with Crippen molar-refractivity contribution in [3.8, 4) is 0 Å². The van der Waals surface area contributed by atoms with Crippen LogP contribution in [0.1, 0.15) is 83.1 Å². The Morgan fingerprint density at radius 3 is 2.48 bits per heavy atom. The molecule has 21 heavy (non-hydrogen) atoms. The SMILES string of the molecule is CCCCCCCC1CC=C(C(C)c2ccccc2)CC1. The lowest BCUT2D eigenvalue weighted by molar-refractivity contribution is 0.408. The first-order chi connectivity index (χ1) is 10.3. The third kappa shape index (κ3) is 5.34. The van der Waals surface area contributed by atoms with Gasteiger partial charge in [0.15, 0.2) is 0 Å². The van der Waals surface area contributed by atoms with Crippen LogP contribution in [0.5, 0.6) is 0 Å². The van der Waals surface area contributed by atoms with Gasteiger partial charge in [0.2, 0.25) is 0 Å². The summed E-state index contributed by atoms with van der Waals surface area (Å²) < 4.78 is 0. The minimum absolute atomic E-state index is 0.608. The van der Waals surface area contributed by atoms with Gasteiger partial charge in [-0.05, 0) is 30.7 Å². The Kier molecular flexibility index (Phi) is 7.06. The zero-order valence-corrected chi connectivity index (χ0v) is 14.0. The van der Waals surface area contributed by atoms with Gasteiger partial charge in [0.05, 0.1) is 0 Å². The van der Waals surface area contributed by atoms with Crippen LogP contribution in [-0.2, 0) is 0 Å². The van der Waals surface area contributed by atoms with E-state index in [4.69, 9.17) is 0 Å². The molecule has 2 rings (SSSR count). The molecule has 0 N–H and O–H groups in total. The largest absolute Gasteiger partial charge is 0.0844 e. The molecule has 0 radical (unpaired) electrons. The van der Waals surface area contributed by atoms with Crippen molar-refractivity contribution in [2.75, 3.05) is 0 Å². The van der Waals surface area contributed by atoms with E-state index >= 15 is 0 Å². The van der Waals surface area contributed by atoms with Gasteiger partial charge in [-0.25, -0.2) is 0 Å². The normalized spacial score (nSPS) is 20.1. The Labute approximate surface area is 131 Å². The number of unbranched alkanes of at least 4 members (excludes halogenated alkanes) is 4. The minimum Gasteiger partial charge on any atom is -0.0844 e. The van der Waals surface area contributed by atoms with Crippen molar-refractivity contribution in [3.63, 3.8) is 0 Å². The van der Waals surface area contributed by atoms with E-state index in [-0.39, 0.29) is 0 Å². The maximum absolute atomic E-state index is 2.55. The molecule has 1 aromatic rings. The van der Waals surface area contributed by atoms with Crippen molar-refractivity contribution in [2.24, 2.45) is 5.92 Å². The van der Waals surface area contributed by atoms with Crippen molar-refractivity contribution in [1.82, 2.24) is 0 Å². The topological polar surface area (TPSA) is 0 Å². The van der Waals surface area contributed by atoms with Gasteiger partial charge in [0, 0.05) is 5.92 Å². The second-order valence-electron chi connectivity index (χ2n) is 6.75. The second-order valence-corrected chi connectivity index (χ2v) is 6.75. The van der Waals surface area contributed by atoms with Gasteiger partial charge in [-0.15, -0.1) is 0 Å². The smallest absolute Gasteiger partial charge is 0.00198 e. The Hall–Kier alpha value is -1.04. The summed E-state index contributed by atoms with van der Waals surface area (Å²) in [6.07, 6.45) is 15.2. The van der Waals surface area contributed by atoms with Gasteiger partial charge in [0.1, 0.15) is 0 Å². The highest BCUT2D eigenvalue weighted by atomic mass is 14.2. The van der Waals surface area contributed by atoms with Crippen LogP contribution < -0.4 is 0 Å². The fourth-order valence-corrected chi connectivity index (χ4v) is 3.56. The summed E-state index contributed by atoms with van der Waals surface area (Å²) in [5.74, 6) is 1.56. The first-order valence-corrected chi connectivity index (χ1v) is 9.05. The summed E-state index contributed by atoms with van der Waals surface area (Å²) in [6.45, 7) is 4.66. The predicted octanol–water partition coefficient (Wildman–Crippen LogP) is 6.88. The van der Waals surface area contributed by atoms with Gasteiger partial charge in [0.25, 0.3) is 0 Å². The van der Waals surface area contributed by atoms with Crippen molar-refractivity contribution >= 4 is 0 Å². The number of benzene rings is 1. The molecule has 0 nitrogen and oxygen atoms in total. The lowest BCUT2D eigenvalue weighted by Gasteiger charge is -2.25. The molecule has 0 bridgehead atoms. The van der Waals surface area contributed by atoms with E-state index in [0.717, 1.165) is 5.92 Å². The lowest BCUT2D eigenvalue weighted by atomic mass is 9.80. The van der Waals surface area contributed by atoms with Crippen LogP contribution in [0.15, 0.2) is 42.0 Å². The molecule has 0 amide bonds. The van der Waals surface area contributed by atoms with Crippen LogP contribution in [0.3, 0.4) is 0 Å². The molecule has 0 aromatic heterocycles. The molecule has 0 fully saturated rings. The first-order valence-electron chi connectivity index (χ1n) is 9.05. The van der Waals surface area contributed by atoms with Crippen molar-refractivity contribution in [1.29, 1.82) is 0 Å². The third-order valence-electron chi connectivity index (χ3n) is 5.13. The summed E-state index contributed by atoms with van der Waals surface area (Å²) in [7, 11) is 0. The molecule has 2 atom stereocenters. The Balaban J connectivity index is 1.74. The monoisotopic (exact) mass is 284 g/mol. The molecule has 1 aliphatic carbocycles. The van der Waals surface area contributed by atoms with Gasteiger partial charge >= 0.3 is 0 Å². The van der Waals surface area contributed by atoms with Crippen molar-refractivity contribution in [3.05, 3.63) is 47.5 Å². The summed E-state index contributed by atoms with van der Waals surface area (Å²) in [5.41, 5.74) is 3.14. The standard InChI is InChI=1S/C21H32/c1-3-4-5-6-8-11-19-14-16-21(17-15-19)18(2)20-12-9-7-10-13-20/h7,9-10,12-13,16,18-19H,3-6,8,11,14-15,17H2,1-2H3. The van der Waals surface area contributed by atoms with Gasteiger partial charge in [-0.2, -0.15) is 0 Å². The van der Waals surface area contributed by atoms with E-state index in [9.17, 15) is 0 Å². The van der Waals surface area contributed by atoms with Crippen LogP contribution in [0.25, 0.3) is 0 Å². The van der Waals surface area contributed by atoms with E-state index in [2.05, 4.69) is 50.3 Å². The first kappa shape index (κ1) is 16.3. The summed E-state index contributed by atoms with van der Waals surface area (Å²) in [5, 5.41) is 0. The molecule has 1 aliphatic rings. The molecule has 0 saturated heterocycles. The fraction of sp³-hybridized carbons (Fsp3) is 0.619. The summed E-state index contributed by atoms with van der Waals surface area (Å²) in [4.78, 5) is 0. The highest BCUT2D eigenvalue weighted by Crippen LogP contribution is 2.35. The van der Waals surface area contributed by atoms with Gasteiger partial charge in [-0.3, -0.25) is 0 Å². The minimum atomic E-state index is 0.608. The molecular formula is C21H32. The molecule has 0 saturated carbocycles. The summed E-state index contributed by atoms with van der Waals surface area (Å²) >= 11 is 0. The lowest BCUT2D eigenvalue weighted by Crippen LogP contribution is -2.09. The van der Waals surface area contributed by atoms with Gasteiger partial charge in [-0.1, -0.05) is 94.4 Å². The molecule has 0 heteroatoms.